The topological polar surface area (TPSA) is 72.3 Å². The molecule has 29 heavy (non-hydrogen) atoms. The summed E-state index contributed by atoms with van der Waals surface area (Å²) in [5.74, 6) is 1.30. The molecule has 1 saturated heterocycles. The Labute approximate surface area is 181 Å². The first-order valence-electron chi connectivity index (χ1n) is 8.89. The molecule has 1 N–H and O–H groups in total. The van der Waals surface area contributed by atoms with Crippen LogP contribution in [-0.4, -0.2) is 52.3 Å². The van der Waals surface area contributed by atoms with Crippen LogP contribution < -0.4 is 10.1 Å². The summed E-state index contributed by atoms with van der Waals surface area (Å²) < 4.78 is 7.15. The molecule has 0 aliphatic carbocycles. The molecule has 1 unspecified atom stereocenters. The lowest BCUT2D eigenvalue weighted by atomic mass is 10.0. The van der Waals surface area contributed by atoms with Crippen LogP contribution >= 0.6 is 24.8 Å². The molecule has 154 valence electrons. The molecule has 3 heterocycles. The molecule has 7 nitrogen and oxygen atoms in total. The van der Waals surface area contributed by atoms with Crippen LogP contribution in [0, 0.1) is 0 Å². The maximum atomic E-state index is 13.3. The van der Waals surface area contributed by atoms with Gasteiger partial charge in [0.2, 0.25) is 0 Å². The highest BCUT2D eigenvalue weighted by Crippen LogP contribution is 2.31. The number of piperazine rings is 1. The van der Waals surface area contributed by atoms with E-state index >= 15 is 0 Å². The Kier molecular flexibility index (Phi) is 8.01. The lowest BCUT2D eigenvalue weighted by molar-refractivity contribution is 0.0625. The fourth-order valence-corrected chi connectivity index (χ4v) is 3.39. The summed E-state index contributed by atoms with van der Waals surface area (Å²) in [6.45, 7) is 2.02. The average molecular weight is 436 g/mol. The molecule has 9 heteroatoms. The molecule has 0 saturated carbocycles. The minimum absolute atomic E-state index is 0. The first-order chi connectivity index (χ1) is 13.3. The van der Waals surface area contributed by atoms with Gasteiger partial charge in [0.1, 0.15) is 11.4 Å². The summed E-state index contributed by atoms with van der Waals surface area (Å²) in [5, 5.41) is 7.56. The number of hydrogen-bond acceptors (Lipinski definition) is 5. The second kappa shape index (κ2) is 10.2. The molecule has 0 bridgehead atoms. The van der Waals surface area contributed by atoms with Crippen molar-refractivity contribution in [3.05, 3.63) is 72.2 Å². The van der Waals surface area contributed by atoms with Gasteiger partial charge < -0.3 is 15.0 Å². The van der Waals surface area contributed by atoms with Gasteiger partial charge in [-0.15, -0.1) is 24.8 Å². The number of nitrogens with zero attached hydrogens (tertiary/aromatic N) is 4. The molecule has 0 radical (unpaired) electrons. The number of rotatable bonds is 4. The molecule has 1 fully saturated rings. The van der Waals surface area contributed by atoms with Crippen LogP contribution in [0.3, 0.4) is 0 Å². The number of carbonyl (C=O) groups is 1. The summed E-state index contributed by atoms with van der Waals surface area (Å²) in [6.07, 6.45) is 3.49. The number of hydrogen-bond donors (Lipinski definition) is 1. The van der Waals surface area contributed by atoms with E-state index in [0.29, 0.717) is 24.6 Å². The van der Waals surface area contributed by atoms with E-state index in [2.05, 4.69) is 15.4 Å². The minimum Gasteiger partial charge on any atom is -0.496 e. The lowest BCUT2D eigenvalue weighted by Crippen LogP contribution is -2.49. The number of ether oxygens (including phenoxy) is 1. The van der Waals surface area contributed by atoms with Gasteiger partial charge in [-0.25, -0.2) is 9.67 Å². The Balaban J connectivity index is 0.00000150. The zero-order valence-electron chi connectivity index (χ0n) is 15.9. The second-order valence-electron chi connectivity index (χ2n) is 6.29. The van der Waals surface area contributed by atoms with Gasteiger partial charge in [0.25, 0.3) is 5.91 Å². The minimum atomic E-state index is -0.113. The van der Waals surface area contributed by atoms with Crippen LogP contribution in [0.5, 0.6) is 5.75 Å². The van der Waals surface area contributed by atoms with E-state index in [4.69, 9.17) is 4.74 Å². The Morgan fingerprint density at radius 1 is 1.14 bits per heavy atom. The number of methoxy groups -OCH3 is 1. The molecule has 1 atom stereocenters. The molecule has 4 rings (SSSR count). The first kappa shape index (κ1) is 22.7. The SMILES string of the molecule is COc1ccccc1C1CNCCN1C(=O)c1cccc(-n2cccn2)n1.Cl.Cl. The van der Waals surface area contributed by atoms with Gasteiger partial charge in [0.15, 0.2) is 5.82 Å². The van der Waals surface area contributed by atoms with Crippen LogP contribution in [-0.2, 0) is 0 Å². The molecule has 1 amide bonds. The largest absolute Gasteiger partial charge is 0.496 e. The van der Waals surface area contributed by atoms with Gasteiger partial charge in [-0.3, -0.25) is 4.79 Å². The molecule has 1 aromatic carbocycles. The van der Waals surface area contributed by atoms with Crippen LogP contribution in [0.15, 0.2) is 60.9 Å². The van der Waals surface area contributed by atoms with Crippen molar-refractivity contribution in [2.24, 2.45) is 0 Å². The smallest absolute Gasteiger partial charge is 0.273 e. The number of aromatic nitrogens is 3. The predicted molar refractivity (Wildman–Crippen MR) is 115 cm³/mol. The Morgan fingerprint density at radius 2 is 1.97 bits per heavy atom. The number of amides is 1. The maximum Gasteiger partial charge on any atom is 0.273 e. The van der Waals surface area contributed by atoms with E-state index < -0.39 is 0 Å². The highest BCUT2D eigenvalue weighted by atomic mass is 35.5. The fourth-order valence-electron chi connectivity index (χ4n) is 3.39. The van der Waals surface area contributed by atoms with Gasteiger partial charge in [0.05, 0.1) is 13.2 Å². The molecule has 1 aliphatic heterocycles. The van der Waals surface area contributed by atoms with Crippen LogP contribution in [0.25, 0.3) is 5.82 Å². The molecule has 0 spiro atoms. The van der Waals surface area contributed by atoms with Gasteiger partial charge in [-0.05, 0) is 24.3 Å². The first-order valence-corrected chi connectivity index (χ1v) is 8.89. The Bertz CT molecular complexity index is 936. The van der Waals surface area contributed by atoms with Crippen molar-refractivity contribution in [1.82, 2.24) is 25.0 Å². The number of para-hydroxylation sites is 1. The van der Waals surface area contributed by atoms with E-state index in [-0.39, 0.29) is 36.8 Å². The van der Waals surface area contributed by atoms with Crippen molar-refractivity contribution in [3.8, 4) is 11.6 Å². The van der Waals surface area contributed by atoms with Crippen LogP contribution in [0.2, 0.25) is 0 Å². The van der Waals surface area contributed by atoms with Crippen LogP contribution in [0.1, 0.15) is 22.1 Å². The summed E-state index contributed by atoms with van der Waals surface area (Å²) in [6, 6.07) is 14.9. The average Bonchev–Trinajstić information content (AvgIpc) is 3.28. The van der Waals surface area contributed by atoms with Gasteiger partial charge in [-0.1, -0.05) is 24.3 Å². The van der Waals surface area contributed by atoms with E-state index in [1.165, 1.54) is 0 Å². The normalized spacial score (nSPS) is 15.8. The van der Waals surface area contributed by atoms with Gasteiger partial charge in [0, 0.05) is 37.6 Å². The lowest BCUT2D eigenvalue weighted by Gasteiger charge is -2.37. The van der Waals surface area contributed by atoms with Gasteiger partial charge >= 0.3 is 0 Å². The van der Waals surface area contributed by atoms with Crippen molar-refractivity contribution in [2.45, 2.75) is 6.04 Å². The third-order valence-corrected chi connectivity index (χ3v) is 4.69. The molecular formula is C20H23Cl2N5O2. The third kappa shape index (κ3) is 4.70. The number of nitrogens with one attached hydrogen (secondary N) is 1. The monoisotopic (exact) mass is 435 g/mol. The zero-order valence-corrected chi connectivity index (χ0v) is 17.5. The maximum absolute atomic E-state index is 13.3. The third-order valence-electron chi connectivity index (χ3n) is 4.69. The van der Waals surface area contributed by atoms with Crippen LogP contribution in [0.4, 0.5) is 0 Å². The number of carbonyl (C=O) groups excluding carboxylic acids is 1. The van der Waals surface area contributed by atoms with Crippen molar-refractivity contribution < 1.29 is 9.53 Å². The second-order valence-corrected chi connectivity index (χ2v) is 6.29. The van der Waals surface area contributed by atoms with E-state index in [0.717, 1.165) is 17.9 Å². The van der Waals surface area contributed by atoms with Crippen molar-refractivity contribution in [3.63, 3.8) is 0 Å². The van der Waals surface area contributed by atoms with E-state index in [9.17, 15) is 4.79 Å². The Hall–Kier alpha value is -2.61. The summed E-state index contributed by atoms with van der Waals surface area (Å²) in [4.78, 5) is 19.7. The van der Waals surface area contributed by atoms with Crippen molar-refractivity contribution in [2.75, 3.05) is 26.7 Å². The van der Waals surface area contributed by atoms with Crippen molar-refractivity contribution >= 4 is 30.7 Å². The molecule has 1 aliphatic rings. The number of benzene rings is 1. The molecule has 2 aromatic heterocycles. The highest BCUT2D eigenvalue weighted by Gasteiger charge is 2.31. The predicted octanol–water partition coefficient (Wildman–Crippen LogP) is 2.91. The van der Waals surface area contributed by atoms with E-state index in [1.807, 2.05) is 47.4 Å². The van der Waals surface area contributed by atoms with Gasteiger partial charge in [-0.2, -0.15) is 5.10 Å². The Morgan fingerprint density at radius 3 is 2.72 bits per heavy atom. The molecule has 3 aromatic rings. The van der Waals surface area contributed by atoms with E-state index in [1.54, 1.807) is 30.3 Å². The fraction of sp³-hybridized carbons (Fsp3) is 0.250. The highest BCUT2D eigenvalue weighted by molar-refractivity contribution is 5.93. The summed E-state index contributed by atoms with van der Waals surface area (Å²) in [5.41, 5.74) is 1.40. The standard InChI is InChI=1S/C20H21N5O2.2ClH/c1-27-18-8-3-2-6-15(18)17-14-21-11-13-24(17)20(26)16-7-4-9-19(23-16)25-12-5-10-22-25;;/h2-10,12,17,21H,11,13-14H2,1H3;2*1H. The number of halogens is 2. The summed E-state index contributed by atoms with van der Waals surface area (Å²) >= 11 is 0. The number of pyridine rings is 1. The quantitative estimate of drug-likeness (QED) is 0.681. The molecular weight excluding hydrogens is 413 g/mol. The zero-order chi connectivity index (χ0) is 18.6. The summed E-state index contributed by atoms with van der Waals surface area (Å²) in [7, 11) is 1.65. The van der Waals surface area contributed by atoms with Crippen molar-refractivity contribution in [1.29, 1.82) is 0 Å².